The Labute approximate surface area is 195 Å². The van der Waals surface area contributed by atoms with Gasteiger partial charge in [-0.25, -0.2) is 9.18 Å². The number of carboxylic acid groups (broad SMARTS) is 1. The topological polar surface area (TPSA) is 129 Å². The molecule has 11 nitrogen and oxygen atoms in total. The number of nitrogens with one attached hydrogen (secondary N) is 1. The Morgan fingerprint density at radius 3 is 2.79 bits per heavy atom. The molecule has 0 spiro atoms. The summed E-state index contributed by atoms with van der Waals surface area (Å²) in [6.45, 7) is 3.14. The number of halogens is 1. The molecule has 4 rings (SSSR count). The number of aldehydes is 1. The fourth-order valence-electron chi connectivity index (χ4n) is 4.78. The number of aliphatic carboxylic acids is 1. The van der Waals surface area contributed by atoms with Crippen LogP contribution >= 0.6 is 0 Å². The third-order valence-corrected chi connectivity index (χ3v) is 6.39. The van der Waals surface area contributed by atoms with Gasteiger partial charge in [0.05, 0.1) is 43.2 Å². The van der Waals surface area contributed by atoms with Crippen LogP contribution < -0.4 is 15.1 Å². The normalized spacial score (nSPS) is 25.6. The number of carbonyl (C=O) groups excluding carboxylic acids is 3. The Kier molecular flexibility index (Phi) is 6.98. The summed E-state index contributed by atoms with van der Waals surface area (Å²) in [4.78, 5) is 50.9. The first kappa shape index (κ1) is 23.9. The minimum atomic E-state index is -1.07. The number of amides is 2. The maximum atomic E-state index is 15.1. The number of anilines is 2. The van der Waals surface area contributed by atoms with E-state index in [0.717, 1.165) is 0 Å². The number of hydrogen-bond acceptors (Lipinski definition) is 8. The van der Waals surface area contributed by atoms with Crippen LogP contribution in [0.1, 0.15) is 13.3 Å². The molecule has 12 heteroatoms. The molecule has 0 bridgehead atoms. The predicted octanol–water partition coefficient (Wildman–Crippen LogP) is 0.219. The summed E-state index contributed by atoms with van der Waals surface area (Å²) in [6.07, 6.45) is -0.995. The van der Waals surface area contributed by atoms with Gasteiger partial charge >= 0.3 is 12.1 Å². The van der Waals surface area contributed by atoms with Gasteiger partial charge in [-0.1, -0.05) is 0 Å². The first-order valence-electron chi connectivity index (χ1n) is 11.1. The lowest BCUT2D eigenvalue weighted by Gasteiger charge is -2.39. The van der Waals surface area contributed by atoms with Crippen LogP contribution in [0.3, 0.4) is 0 Å². The average molecular weight is 478 g/mol. The van der Waals surface area contributed by atoms with Gasteiger partial charge in [0.15, 0.2) is 0 Å². The average Bonchev–Trinajstić information content (AvgIpc) is 3.39. The van der Waals surface area contributed by atoms with Gasteiger partial charge in [0.1, 0.15) is 24.2 Å². The third kappa shape index (κ3) is 4.82. The third-order valence-electron chi connectivity index (χ3n) is 6.39. The number of rotatable bonds is 8. The van der Waals surface area contributed by atoms with E-state index >= 15 is 4.39 Å². The van der Waals surface area contributed by atoms with Crippen LogP contribution in [0.15, 0.2) is 18.2 Å². The van der Waals surface area contributed by atoms with Gasteiger partial charge in [-0.05, 0) is 18.2 Å². The highest BCUT2D eigenvalue weighted by molar-refractivity contribution is 5.90. The molecule has 0 radical (unpaired) electrons. The molecule has 0 aromatic heterocycles. The minimum Gasteiger partial charge on any atom is -0.480 e. The van der Waals surface area contributed by atoms with Crippen molar-refractivity contribution < 1.29 is 38.1 Å². The molecule has 3 fully saturated rings. The lowest BCUT2D eigenvalue weighted by molar-refractivity contribution is -0.150. The number of cyclic esters (lactones) is 1. The summed E-state index contributed by atoms with van der Waals surface area (Å²) in [6, 6.07) is 3.20. The fourth-order valence-corrected chi connectivity index (χ4v) is 4.78. The molecule has 1 aromatic rings. The fraction of sp³-hybridized carbons (Fsp3) is 0.545. The number of carboxylic acids is 1. The van der Waals surface area contributed by atoms with Crippen molar-refractivity contribution in [3.05, 3.63) is 24.0 Å². The van der Waals surface area contributed by atoms with Crippen molar-refractivity contribution in [3.63, 3.8) is 0 Å². The Balaban J connectivity index is 1.46. The van der Waals surface area contributed by atoms with Crippen molar-refractivity contribution in [2.45, 2.75) is 37.6 Å². The zero-order valence-electron chi connectivity index (χ0n) is 18.7. The van der Waals surface area contributed by atoms with Crippen LogP contribution in [-0.4, -0.2) is 97.9 Å². The predicted molar refractivity (Wildman–Crippen MR) is 117 cm³/mol. The maximum absolute atomic E-state index is 15.1. The zero-order chi connectivity index (χ0) is 24.4. The van der Waals surface area contributed by atoms with E-state index in [4.69, 9.17) is 9.47 Å². The van der Waals surface area contributed by atoms with Crippen molar-refractivity contribution in [1.82, 2.24) is 10.2 Å². The summed E-state index contributed by atoms with van der Waals surface area (Å²) in [5.41, 5.74) is 0.648. The lowest BCUT2D eigenvalue weighted by atomic mass is 10.1. The van der Waals surface area contributed by atoms with E-state index in [9.17, 15) is 24.3 Å². The van der Waals surface area contributed by atoms with Gasteiger partial charge in [-0.3, -0.25) is 19.4 Å². The smallest absolute Gasteiger partial charge is 0.414 e. The number of carbonyl (C=O) groups is 4. The van der Waals surface area contributed by atoms with E-state index in [0.29, 0.717) is 43.9 Å². The number of benzene rings is 1. The van der Waals surface area contributed by atoms with E-state index in [1.807, 2.05) is 0 Å². The van der Waals surface area contributed by atoms with Crippen molar-refractivity contribution >= 4 is 35.6 Å². The van der Waals surface area contributed by atoms with Crippen molar-refractivity contribution in [1.29, 1.82) is 0 Å². The van der Waals surface area contributed by atoms with Crippen molar-refractivity contribution in [2.24, 2.45) is 0 Å². The highest BCUT2D eigenvalue weighted by Gasteiger charge is 2.45. The molecule has 184 valence electrons. The molecular weight excluding hydrogens is 451 g/mol. The number of nitrogens with zero attached hydrogens (tertiary/aromatic N) is 3. The SMILES string of the molecule is CC(=O)NCC1CN(c2ccc(N3CC4OCCN(C(CC=O)C(=O)O)C4C3)c(F)c2)C(=O)O1. The second-order valence-corrected chi connectivity index (χ2v) is 8.56. The molecule has 4 atom stereocenters. The van der Waals surface area contributed by atoms with E-state index in [1.54, 1.807) is 21.9 Å². The highest BCUT2D eigenvalue weighted by Crippen LogP contribution is 2.33. The van der Waals surface area contributed by atoms with Gasteiger partial charge in [-0.15, -0.1) is 0 Å². The summed E-state index contributed by atoms with van der Waals surface area (Å²) in [5, 5.41) is 12.2. The van der Waals surface area contributed by atoms with Crippen LogP contribution in [0.25, 0.3) is 0 Å². The number of fused-ring (bicyclic) bond motifs is 1. The first-order valence-corrected chi connectivity index (χ1v) is 11.1. The van der Waals surface area contributed by atoms with Crippen LogP contribution in [0.2, 0.25) is 0 Å². The molecule has 2 N–H and O–H groups in total. The van der Waals surface area contributed by atoms with Crippen LogP contribution in [0, 0.1) is 5.82 Å². The molecule has 2 amide bonds. The standard InChI is InChI=1S/C22H27FN4O7/c1-13(29)24-9-15-10-27(22(32)34-15)14-2-3-17(16(23)8-14)25-11-19-20(12-25)33-7-5-26(19)18(4-6-28)21(30)31/h2-3,6,8,15,18-20H,4-5,7,9-12H2,1H3,(H,24,29)(H,30,31). The van der Waals surface area contributed by atoms with Gasteiger partial charge in [0.25, 0.3) is 0 Å². The number of hydrogen-bond donors (Lipinski definition) is 2. The van der Waals surface area contributed by atoms with Gasteiger partial charge in [0, 0.05) is 33.0 Å². The lowest BCUT2D eigenvalue weighted by Crippen LogP contribution is -2.57. The van der Waals surface area contributed by atoms with E-state index < -0.39 is 30.0 Å². The van der Waals surface area contributed by atoms with Gasteiger partial charge < -0.3 is 29.6 Å². The molecular formula is C22H27FN4O7. The molecule has 34 heavy (non-hydrogen) atoms. The highest BCUT2D eigenvalue weighted by atomic mass is 19.1. The van der Waals surface area contributed by atoms with E-state index in [2.05, 4.69) is 5.32 Å². The largest absolute Gasteiger partial charge is 0.480 e. The number of ether oxygens (including phenoxy) is 2. The van der Waals surface area contributed by atoms with E-state index in [1.165, 1.54) is 17.9 Å². The number of morpholine rings is 1. The Morgan fingerprint density at radius 2 is 2.12 bits per heavy atom. The summed E-state index contributed by atoms with van der Waals surface area (Å²) in [7, 11) is 0. The summed E-state index contributed by atoms with van der Waals surface area (Å²) < 4.78 is 26.2. The Morgan fingerprint density at radius 1 is 1.32 bits per heavy atom. The van der Waals surface area contributed by atoms with Gasteiger partial charge in [-0.2, -0.15) is 0 Å². The minimum absolute atomic E-state index is 0.128. The summed E-state index contributed by atoms with van der Waals surface area (Å²) >= 11 is 0. The zero-order valence-corrected chi connectivity index (χ0v) is 18.7. The molecule has 3 heterocycles. The molecule has 3 aliphatic heterocycles. The maximum Gasteiger partial charge on any atom is 0.414 e. The Hall–Kier alpha value is -3.25. The van der Waals surface area contributed by atoms with Crippen LogP contribution in [-0.2, 0) is 23.9 Å². The molecule has 0 aliphatic carbocycles. The second-order valence-electron chi connectivity index (χ2n) is 8.56. The second kappa shape index (κ2) is 9.94. The Bertz CT molecular complexity index is 977. The molecule has 0 saturated carbocycles. The quantitative estimate of drug-likeness (QED) is 0.504. The van der Waals surface area contributed by atoms with Crippen molar-refractivity contribution in [3.8, 4) is 0 Å². The molecule has 3 aliphatic rings. The van der Waals surface area contributed by atoms with E-state index in [-0.39, 0.29) is 37.6 Å². The van der Waals surface area contributed by atoms with Crippen LogP contribution in [0.4, 0.5) is 20.6 Å². The molecule has 3 saturated heterocycles. The van der Waals surface area contributed by atoms with Crippen LogP contribution in [0.5, 0.6) is 0 Å². The first-order chi connectivity index (χ1) is 16.3. The monoisotopic (exact) mass is 478 g/mol. The molecule has 4 unspecified atom stereocenters. The van der Waals surface area contributed by atoms with Crippen molar-refractivity contribution in [2.75, 3.05) is 49.1 Å². The summed E-state index contributed by atoms with van der Waals surface area (Å²) in [5.74, 6) is -1.85. The molecule has 1 aromatic carbocycles. The van der Waals surface area contributed by atoms with Gasteiger partial charge in [0.2, 0.25) is 5.91 Å².